The van der Waals surface area contributed by atoms with Crippen LogP contribution in [0.25, 0.3) is 10.4 Å². The monoisotopic (exact) mass is 280 g/mol. The van der Waals surface area contributed by atoms with Crippen LogP contribution in [-0.2, 0) is 4.79 Å². The van der Waals surface area contributed by atoms with Crippen molar-refractivity contribution in [1.29, 1.82) is 0 Å². The van der Waals surface area contributed by atoms with Crippen LogP contribution < -0.4 is 4.74 Å². The molecular weight excluding hydrogens is 268 g/mol. The highest BCUT2D eigenvalue weighted by Gasteiger charge is 2.21. The van der Waals surface area contributed by atoms with E-state index in [9.17, 15) is 14.9 Å². The second kappa shape index (κ2) is 6.95. The van der Waals surface area contributed by atoms with Gasteiger partial charge in [-0.2, -0.15) is 0 Å². The third kappa shape index (κ3) is 3.85. The number of nitrogens with zero attached hydrogens (tertiary/aromatic N) is 4. The van der Waals surface area contributed by atoms with E-state index >= 15 is 0 Å². The van der Waals surface area contributed by atoms with Crippen molar-refractivity contribution in [2.75, 3.05) is 6.61 Å². The summed E-state index contributed by atoms with van der Waals surface area (Å²) in [6.07, 6.45) is -0.449. The van der Waals surface area contributed by atoms with Gasteiger partial charge >= 0.3 is 11.7 Å². The van der Waals surface area contributed by atoms with Crippen molar-refractivity contribution >= 4 is 11.7 Å². The maximum Gasteiger partial charge on any atom is 0.311 e. The van der Waals surface area contributed by atoms with Gasteiger partial charge in [-0.3, -0.25) is 14.9 Å². The Hall–Kier alpha value is -2.80. The molecule has 0 aliphatic carbocycles. The summed E-state index contributed by atoms with van der Waals surface area (Å²) in [6.45, 7) is 1.94. The van der Waals surface area contributed by atoms with Crippen LogP contribution in [0, 0.1) is 10.1 Å². The van der Waals surface area contributed by atoms with Gasteiger partial charge in [0, 0.05) is 11.0 Å². The van der Waals surface area contributed by atoms with Gasteiger partial charge in [0.25, 0.3) is 0 Å². The third-order valence-corrected chi connectivity index (χ3v) is 2.42. The lowest BCUT2D eigenvalue weighted by Crippen LogP contribution is -2.05. The molecule has 0 spiro atoms. The first-order valence-electron chi connectivity index (χ1n) is 5.66. The van der Waals surface area contributed by atoms with Crippen LogP contribution in [0.2, 0.25) is 0 Å². The number of carboxylic acids is 1. The Balaban J connectivity index is 3.23. The summed E-state index contributed by atoms with van der Waals surface area (Å²) < 4.78 is 5.11. The third-order valence-electron chi connectivity index (χ3n) is 2.42. The molecule has 0 aromatic heterocycles. The van der Waals surface area contributed by atoms with E-state index in [1.165, 1.54) is 12.1 Å². The maximum atomic E-state index is 11.0. The minimum Gasteiger partial charge on any atom is -0.487 e. The molecular formula is C11H12N4O5. The molecule has 9 heteroatoms. The van der Waals surface area contributed by atoms with E-state index < -0.39 is 23.4 Å². The van der Waals surface area contributed by atoms with E-state index in [2.05, 4.69) is 10.0 Å². The number of nitro groups is 1. The summed E-state index contributed by atoms with van der Waals surface area (Å²) in [5, 5.41) is 23.1. The van der Waals surface area contributed by atoms with Gasteiger partial charge in [-0.05, 0) is 24.1 Å². The lowest BCUT2D eigenvalue weighted by atomic mass is 10.0. The van der Waals surface area contributed by atoms with E-state index in [0.717, 1.165) is 6.07 Å². The number of carbonyl (C=O) groups is 1. The van der Waals surface area contributed by atoms with E-state index in [-0.39, 0.29) is 23.6 Å². The number of benzene rings is 1. The predicted octanol–water partition coefficient (Wildman–Crippen LogP) is 2.82. The standard InChI is InChI=1S/C11H12N4O5/c1-2-20-10-4-3-7(5-9(10)15(18)19)8(13-14-12)6-11(16)17/h3-5,8H,2,6H2,1H3,(H,16,17). The van der Waals surface area contributed by atoms with Gasteiger partial charge in [0.1, 0.15) is 0 Å². The largest absolute Gasteiger partial charge is 0.487 e. The summed E-state index contributed by atoms with van der Waals surface area (Å²) in [4.78, 5) is 23.6. The predicted molar refractivity (Wildman–Crippen MR) is 68.4 cm³/mol. The molecule has 0 radical (unpaired) electrons. The molecule has 20 heavy (non-hydrogen) atoms. The number of nitro benzene ring substituents is 1. The normalized spacial score (nSPS) is 11.2. The van der Waals surface area contributed by atoms with Crippen molar-refractivity contribution in [3.05, 3.63) is 44.3 Å². The van der Waals surface area contributed by atoms with Gasteiger partial charge in [-0.25, -0.2) is 0 Å². The van der Waals surface area contributed by atoms with Crippen LogP contribution in [0.3, 0.4) is 0 Å². The fraction of sp³-hybridized carbons (Fsp3) is 0.364. The van der Waals surface area contributed by atoms with Crippen LogP contribution in [-0.4, -0.2) is 22.6 Å². The summed E-state index contributed by atoms with van der Waals surface area (Å²) >= 11 is 0. The van der Waals surface area contributed by atoms with E-state index in [0.29, 0.717) is 0 Å². The summed E-state index contributed by atoms with van der Waals surface area (Å²) in [5.41, 5.74) is 8.39. The molecule has 1 atom stereocenters. The number of azide groups is 1. The molecule has 0 heterocycles. The zero-order valence-electron chi connectivity index (χ0n) is 10.6. The van der Waals surface area contributed by atoms with E-state index in [1.54, 1.807) is 6.92 Å². The smallest absolute Gasteiger partial charge is 0.311 e. The molecule has 1 unspecified atom stereocenters. The molecule has 1 aromatic rings. The Morgan fingerprint density at radius 1 is 1.65 bits per heavy atom. The molecule has 0 saturated carbocycles. The quantitative estimate of drug-likeness (QED) is 0.269. The van der Waals surface area contributed by atoms with Crippen molar-refractivity contribution in [3.8, 4) is 5.75 Å². The first kappa shape index (κ1) is 15.3. The molecule has 0 fully saturated rings. The molecule has 1 N–H and O–H groups in total. The maximum absolute atomic E-state index is 11.0. The molecule has 106 valence electrons. The first-order valence-corrected chi connectivity index (χ1v) is 5.66. The van der Waals surface area contributed by atoms with Gasteiger partial charge in [0.05, 0.1) is 24.0 Å². The van der Waals surface area contributed by atoms with Crippen LogP contribution in [0.5, 0.6) is 5.75 Å². The SMILES string of the molecule is CCOc1ccc(C(CC(=O)O)N=[N+]=[N-])cc1[N+](=O)[O-]. The molecule has 0 bridgehead atoms. The number of carboxylic acid groups (broad SMARTS) is 1. The van der Waals surface area contributed by atoms with Gasteiger partial charge in [0.15, 0.2) is 5.75 Å². The van der Waals surface area contributed by atoms with Crippen molar-refractivity contribution in [1.82, 2.24) is 0 Å². The summed E-state index contributed by atoms with van der Waals surface area (Å²) in [7, 11) is 0. The van der Waals surface area contributed by atoms with Crippen molar-refractivity contribution in [2.24, 2.45) is 5.11 Å². The van der Waals surface area contributed by atoms with Crippen molar-refractivity contribution in [2.45, 2.75) is 19.4 Å². The lowest BCUT2D eigenvalue weighted by Gasteiger charge is -2.10. The zero-order chi connectivity index (χ0) is 15.1. The van der Waals surface area contributed by atoms with Gasteiger partial charge in [-0.1, -0.05) is 11.2 Å². The Morgan fingerprint density at radius 3 is 2.85 bits per heavy atom. The Kier molecular flexibility index (Phi) is 5.31. The fourth-order valence-corrected chi connectivity index (χ4v) is 1.61. The minimum atomic E-state index is -1.17. The molecule has 1 aromatic carbocycles. The van der Waals surface area contributed by atoms with Crippen molar-refractivity contribution < 1.29 is 19.6 Å². The molecule has 0 amide bonds. The molecule has 0 aliphatic rings. The first-order chi connectivity index (χ1) is 9.49. The summed E-state index contributed by atoms with van der Waals surface area (Å²) in [6, 6.07) is 2.96. The number of hydrogen-bond donors (Lipinski definition) is 1. The highest BCUT2D eigenvalue weighted by Crippen LogP contribution is 2.32. The van der Waals surface area contributed by atoms with Crippen LogP contribution >= 0.6 is 0 Å². The molecule has 0 aliphatic heterocycles. The highest BCUT2D eigenvalue weighted by atomic mass is 16.6. The summed E-state index contributed by atoms with van der Waals surface area (Å²) in [5.74, 6) is -1.09. The lowest BCUT2D eigenvalue weighted by molar-refractivity contribution is -0.385. The second-order valence-corrected chi connectivity index (χ2v) is 3.74. The average Bonchev–Trinajstić information content (AvgIpc) is 2.38. The Morgan fingerprint density at radius 2 is 2.35 bits per heavy atom. The molecule has 0 saturated heterocycles. The molecule has 1 rings (SSSR count). The molecule has 9 nitrogen and oxygen atoms in total. The zero-order valence-corrected chi connectivity index (χ0v) is 10.6. The van der Waals surface area contributed by atoms with Crippen LogP contribution in [0.1, 0.15) is 24.9 Å². The average molecular weight is 280 g/mol. The second-order valence-electron chi connectivity index (χ2n) is 3.74. The number of rotatable bonds is 7. The number of hydrogen-bond acceptors (Lipinski definition) is 5. The fourth-order valence-electron chi connectivity index (χ4n) is 1.61. The van der Waals surface area contributed by atoms with Gasteiger partial charge < -0.3 is 9.84 Å². The number of aliphatic carboxylic acids is 1. The van der Waals surface area contributed by atoms with E-state index in [4.69, 9.17) is 15.4 Å². The highest BCUT2D eigenvalue weighted by molar-refractivity contribution is 5.68. The van der Waals surface area contributed by atoms with Crippen LogP contribution in [0.4, 0.5) is 5.69 Å². The van der Waals surface area contributed by atoms with Crippen molar-refractivity contribution in [3.63, 3.8) is 0 Å². The van der Waals surface area contributed by atoms with Gasteiger partial charge in [-0.15, -0.1) is 0 Å². The van der Waals surface area contributed by atoms with Gasteiger partial charge in [0.2, 0.25) is 0 Å². The Labute approximate surface area is 113 Å². The van der Waals surface area contributed by atoms with Crippen LogP contribution in [0.15, 0.2) is 23.3 Å². The topological polar surface area (TPSA) is 138 Å². The number of ether oxygens (including phenoxy) is 1. The minimum absolute atomic E-state index is 0.0799. The van der Waals surface area contributed by atoms with E-state index in [1.807, 2.05) is 0 Å². The Bertz CT molecular complexity index is 568.